The van der Waals surface area contributed by atoms with Crippen molar-refractivity contribution in [1.29, 1.82) is 0 Å². The summed E-state index contributed by atoms with van der Waals surface area (Å²) in [5.74, 6) is 0.859. The van der Waals surface area contributed by atoms with Crippen LogP contribution >= 0.6 is 11.6 Å². The SMILES string of the molecule is CS(=O)(=O)c1cccc(NCc2nc(-c3ccc(Cl)cc3)no2)c1. The Balaban J connectivity index is 1.71. The molecule has 0 fully saturated rings. The van der Waals surface area contributed by atoms with Crippen molar-refractivity contribution in [1.82, 2.24) is 10.1 Å². The summed E-state index contributed by atoms with van der Waals surface area (Å²) in [5, 5.41) is 7.62. The Labute approximate surface area is 144 Å². The zero-order valence-electron chi connectivity index (χ0n) is 12.7. The van der Waals surface area contributed by atoms with Gasteiger partial charge in [0.05, 0.1) is 11.4 Å². The molecule has 0 amide bonds. The summed E-state index contributed by atoms with van der Waals surface area (Å²) in [6.07, 6.45) is 1.17. The normalized spacial score (nSPS) is 11.4. The van der Waals surface area contributed by atoms with E-state index in [9.17, 15) is 8.42 Å². The topological polar surface area (TPSA) is 85.1 Å². The number of hydrogen-bond acceptors (Lipinski definition) is 6. The van der Waals surface area contributed by atoms with E-state index in [1.54, 1.807) is 48.5 Å². The van der Waals surface area contributed by atoms with Crippen molar-refractivity contribution in [3.63, 3.8) is 0 Å². The van der Waals surface area contributed by atoms with E-state index in [4.69, 9.17) is 16.1 Å². The molecule has 0 saturated carbocycles. The summed E-state index contributed by atoms with van der Waals surface area (Å²) in [5.41, 5.74) is 1.46. The van der Waals surface area contributed by atoms with Crippen LogP contribution in [-0.4, -0.2) is 24.8 Å². The number of benzene rings is 2. The highest BCUT2D eigenvalue weighted by Crippen LogP contribution is 2.20. The van der Waals surface area contributed by atoms with Crippen LogP contribution in [0.25, 0.3) is 11.4 Å². The number of nitrogens with one attached hydrogen (secondary N) is 1. The molecule has 1 heterocycles. The largest absolute Gasteiger partial charge is 0.376 e. The Hall–Kier alpha value is -2.38. The number of halogens is 1. The van der Waals surface area contributed by atoms with Crippen LogP contribution in [0.15, 0.2) is 57.9 Å². The van der Waals surface area contributed by atoms with Gasteiger partial charge in [0.25, 0.3) is 0 Å². The van der Waals surface area contributed by atoms with E-state index in [2.05, 4.69) is 15.5 Å². The maximum atomic E-state index is 11.6. The second-order valence-electron chi connectivity index (χ2n) is 5.17. The standard InChI is InChI=1S/C16H14ClN3O3S/c1-24(21,22)14-4-2-3-13(9-14)18-10-15-19-16(20-23-15)11-5-7-12(17)8-6-11/h2-9,18H,10H2,1H3. The summed E-state index contributed by atoms with van der Waals surface area (Å²) < 4.78 is 28.3. The third-order valence-electron chi connectivity index (χ3n) is 3.28. The van der Waals surface area contributed by atoms with E-state index in [0.29, 0.717) is 22.4 Å². The molecular formula is C16H14ClN3O3S. The van der Waals surface area contributed by atoms with E-state index in [0.717, 1.165) is 5.56 Å². The van der Waals surface area contributed by atoms with Gasteiger partial charge < -0.3 is 9.84 Å². The molecule has 0 unspecified atom stereocenters. The minimum atomic E-state index is -3.25. The van der Waals surface area contributed by atoms with Crippen LogP contribution in [0.3, 0.4) is 0 Å². The lowest BCUT2D eigenvalue weighted by molar-refractivity contribution is 0.384. The van der Waals surface area contributed by atoms with Crippen LogP contribution in [0.5, 0.6) is 0 Å². The molecule has 0 bridgehead atoms. The monoisotopic (exact) mass is 363 g/mol. The van der Waals surface area contributed by atoms with E-state index in [-0.39, 0.29) is 11.4 Å². The maximum Gasteiger partial charge on any atom is 0.246 e. The fraction of sp³-hybridized carbons (Fsp3) is 0.125. The van der Waals surface area contributed by atoms with Crippen LogP contribution in [-0.2, 0) is 16.4 Å². The smallest absolute Gasteiger partial charge is 0.246 e. The van der Waals surface area contributed by atoms with Gasteiger partial charge in [-0.25, -0.2) is 8.42 Å². The number of sulfone groups is 1. The van der Waals surface area contributed by atoms with Gasteiger partial charge in [-0.05, 0) is 42.5 Å². The lowest BCUT2D eigenvalue weighted by Crippen LogP contribution is -2.02. The molecule has 0 saturated heterocycles. The first kappa shape index (κ1) is 16.5. The molecule has 1 aromatic heterocycles. The van der Waals surface area contributed by atoms with Crippen molar-refractivity contribution in [3.05, 3.63) is 59.4 Å². The lowest BCUT2D eigenvalue weighted by atomic mass is 10.2. The van der Waals surface area contributed by atoms with Crippen LogP contribution < -0.4 is 5.32 Å². The van der Waals surface area contributed by atoms with E-state index >= 15 is 0 Å². The molecule has 124 valence electrons. The molecule has 2 aromatic carbocycles. The lowest BCUT2D eigenvalue weighted by Gasteiger charge is -2.05. The van der Waals surface area contributed by atoms with Crippen LogP contribution in [0, 0.1) is 0 Å². The molecule has 0 aliphatic rings. The van der Waals surface area contributed by atoms with E-state index < -0.39 is 9.84 Å². The van der Waals surface area contributed by atoms with Gasteiger partial charge in [-0.1, -0.05) is 22.8 Å². The van der Waals surface area contributed by atoms with Gasteiger partial charge in [0.2, 0.25) is 11.7 Å². The molecule has 0 spiro atoms. The second-order valence-corrected chi connectivity index (χ2v) is 7.62. The minimum Gasteiger partial charge on any atom is -0.376 e. The minimum absolute atomic E-state index is 0.250. The molecule has 0 aliphatic carbocycles. The molecule has 0 atom stereocenters. The van der Waals surface area contributed by atoms with Gasteiger partial charge in [-0.15, -0.1) is 0 Å². The average Bonchev–Trinajstić information content (AvgIpc) is 3.02. The van der Waals surface area contributed by atoms with Crippen molar-refractivity contribution in [2.45, 2.75) is 11.4 Å². The van der Waals surface area contributed by atoms with E-state index in [1.807, 2.05) is 0 Å². The highest BCUT2D eigenvalue weighted by atomic mass is 35.5. The third-order valence-corrected chi connectivity index (χ3v) is 4.64. The van der Waals surface area contributed by atoms with Crippen molar-refractivity contribution < 1.29 is 12.9 Å². The number of anilines is 1. The Morgan fingerprint density at radius 1 is 1.17 bits per heavy atom. The molecule has 24 heavy (non-hydrogen) atoms. The third kappa shape index (κ3) is 3.93. The first-order chi connectivity index (χ1) is 11.4. The van der Waals surface area contributed by atoms with Gasteiger partial charge in [-0.3, -0.25) is 0 Å². The highest BCUT2D eigenvalue weighted by Gasteiger charge is 2.10. The summed E-state index contributed by atoms with van der Waals surface area (Å²) in [6, 6.07) is 13.7. The van der Waals surface area contributed by atoms with E-state index in [1.165, 1.54) is 6.26 Å². The van der Waals surface area contributed by atoms with Gasteiger partial charge in [0, 0.05) is 22.5 Å². The number of nitrogens with zero attached hydrogens (tertiary/aromatic N) is 2. The molecule has 3 rings (SSSR count). The predicted octanol–water partition coefficient (Wildman–Crippen LogP) is 3.41. The fourth-order valence-electron chi connectivity index (χ4n) is 2.06. The van der Waals surface area contributed by atoms with Gasteiger partial charge >= 0.3 is 0 Å². The Bertz CT molecular complexity index is 953. The highest BCUT2D eigenvalue weighted by molar-refractivity contribution is 7.90. The summed E-state index contributed by atoms with van der Waals surface area (Å²) in [7, 11) is -3.25. The molecule has 6 nitrogen and oxygen atoms in total. The van der Waals surface area contributed by atoms with Crippen molar-refractivity contribution in [3.8, 4) is 11.4 Å². The summed E-state index contributed by atoms with van der Waals surface area (Å²) in [4.78, 5) is 4.54. The van der Waals surface area contributed by atoms with Crippen molar-refractivity contribution >= 4 is 27.1 Å². The second kappa shape index (κ2) is 6.62. The van der Waals surface area contributed by atoms with Crippen LogP contribution in [0.1, 0.15) is 5.89 Å². The zero-order valence-corrected chi connectivity index (χ0v) is 14.3. The molecular weight excluding hydrogens is 350 g/mol. The number of aromatic nitrogens is 2. The fourth-order valence-corrected chi connectivity index (χ4v) is 2.85. The Morgan fingerprint density at radius 3 is 2.62 bits per heavy atom. The summed E-state index contributed by atoms with van der Waals surface area (Å²) in [6.45, 7) is 0.286. The molecule has 0 radical (unpaired) electrons. The quantitative estimate of drug-likeness (QED) is 0.747. The predicted molar refractivity (Wildman–Crippen MR) is 91.6 cm³/mol. The van der Waals surface area contributed by atoms with Crippen LogP contribution in [0.2, 0.25) is 5.02 Å². The van der Waals surface area contributed by atoms with Gasteiger partial charge in [0.15, 0.2) is 9.84 Å². The van der Waals surface area contributed by atoms with Gasteiger partial charge in [-0.2, -0.15) is 4.98 Å². The zero-order chi connectivity index (χ0) is 17.2. The molecule has 3 aromatic rings. The van der Waals surface area contributed by atoms with Crippen molar-refractivity contribution in [2.75, 3.05) is 11.6 Å². The first-order valence-corrected chi connectivity index (χ1v) is 9.31. The summed E-state index contributed by atoms with van der Waals surface area (Å²) >= 11 is 5.85. The average molecular weight is 364 g/mol. The number of hydrogen-bond donors (Lipinski definition) is 1. The Morgan fingerprint density at radius 2 is 1.92 bits per heavy atom. The van der Waals surface area contributed by atoms with Crippen molar-refractivity contribution in [2.24, 2.45) is 0 Å². The molecule has 1 N–H and O–H groups in total. The molecule has 8 heteroatoms. The van der Waals surface area contributed by atoms with Gasteiger partial charge in [0.1, 0.15) is 0 Å². The first-order valence-electron chi connectivity index (χ1n) is 7.04. The number of rotatable bonds is 5. The van der Waals surface area contributed by atoms with Crippen LogP contribution in [0.4, 0.5) is 5.69 Å². The Kier molecular flexibility index (Phi) is 4.55. The maximum absolute atomic E-state index is 11.6. The molecule has 0 aliphatic heterocycles.